The molecule has 0 spiro atoms. The van der Waals surface area contributed by atoms with Crippen molar-refractivity contribution in [1.29, 1.82) is 0 Å². The van der Waals surface area contributed by atoms with Gasteiger partial charge >= 0.3 is 0 Å². The van der Waals surface area contributed by atoms with Gasteiger partial charge in [0.25, 0.3) is 0 Å². The second-order valence-electron chi connectivity index (χ2n) is 3.95. The van der Waals surface area contributed by atoms with Crippen molar-refractivity contribution in [2.45, 2.75) is 19.3 Å². The second kappa shape index (κ2) is 9.74. The Bertz CT molecular complexity index is 297. The SMILES string of the molecule is COCCCCCOc1ccc(OCCO)cc1. The van der Waals surface area contributed by atoms with Crippen molar-refractivity contribution >= 4 is 0 Å². The van der Waals surface area contributed by atoms with Crippen LogP contribution in [-0.2, 0) is 4.74 Å². The van der Waals surface area contributed by atoms with Gasteiger partial charge in [-0.2, -0.15) is 0 Å². The Morgan fingerprint density at radius 1 is 0.833 bits per heavy atom. The van der Waals surface area contributed by atoms with E-state index in [1.54, 1.807) is 7.11 Å². The predicted octanol–water partition coefficient (Wildman–Crippen LogP) is 2.25. The number of rotatable bonds is 10. The Labute approximate surface area is 108 Å². The standard InChI is InChI=1S/C14H22O4/c1-16-10-3-2-4-11-17-13-5-7-14(8-6-13)18-12-9-15/h5-8,15H,2-4,9-12H2,1H3. The Balaban J connectivity index is 2.14. The lowest BCUT2D eigenvalue weighted by Gasteiger charge is -2.08. The summed E-state index contributed by atoms with van der Waals surface area (Å²) in [6, 6.07) is 7.44. The molecule has 0 fully saturated rings. The van der Waals surface area contributed by atoms with Crippen LogP contribution in [0, 0.1) is 0 Å². The number of methoxy groups -OCH3 is 1. The molecule has 4 nitrogen and oxygen atoms in total. The summed E-state index contributed by atoms with van der Waals surface area (Å²) >= 11 is 0. The molecular weight excluding hydrogens is 232 g/mol. The van der Waals surface area contributed by atoms with E-state index >= 15 is 0 Å². The molecule has 0 aliphatic carbocycles. The van der Waals surface area contributed by atoms with Gasteiger partial charge in [0.1, 0.15) is 18.1 Å². The summed E-state index contributed by atoms with van der Waals surface area (Å²) in [5.74, 6) is 1.59. The Morgan fingerprint density at radius 2 is 1.39 bits per heavy atom. The van der Waals surface area contributed by atoms with Crippen molar-refractivity contribution < 1.29 is 19.3 Å². The largest absolute Gasteiger partial charge is 0.494 e. The van der Waals surface area contributed by atoms with Crippen LogP contribution in [0.25, 0.3) is 0 Å². The molecule has 1 rings (SSSR count). The van der Waals surface area contributed by atoms with Gasteiger partial charge in [-0.3, -0.25) is 0 Å². The molecule has 1 aromatic carbocycles. The summed E-state index contributed by atoms with van der Waals surface area (Å²) < 4.78 is 15.8. The molecule has 18 heavy (non-hydrogen) atoms. The van der Waals surface area contributed by atoms with E-state index in [-0.39, 0.29) is 6.61 Å². The van der Waals surface area contributed by atoms with Gasteiger partial charge in [-0.15, -0.1) is 0 Å². The predicted molar refractivity (Wildman–Crippen MR) is 70.2 cm³/mol. The Kier molecular flexibility index (Phi) is 8.01. The zero-order chi connectivity index (χ0) is 13.1. The van der Waals surface area contributed by atoms with Gasteiger partial charge in [0.2, 0.25) is 0 Å². The number of aliphatic hydroxyl groups excluding tert-OH is 1. The second-order valence-corrected chi connectivity index (χ2v) is 3.95. The van der Waals surface area contributed by atoms with Crippen LogP contribution >= 0.6 is 0 Å². The van der Waals surface area contributed by atoms with Crippen LogP contribution in [0.1, 0.15) is 19.3 Å². The van der Waals surface area contributed by atoms with E-state index in [2.05, 4.69) is 0 Å². The van der Waals surface area contributed by atoms with Crippen molar-refractivity contribution in [3.63, 3.8) is 0 Å². The van der Waals surface area contributed by atoms with E-state index in [1.807, 2.05) is 24.3 Å². The fourth-order valence-electron chi connectivity index (χ4n) is 1.51. The maximum absolute atomic E-state index is 8.63. The minimum atomic E-state index is 0.0275. The first-order chi connectivity index (χ1) is 8.86. The van der Waals surface area contributed by atoms with E-state index in [1.165, 1.54) is 0 Å². The molecule has 0 atom stereocenters. The number of ether oxygens (including phenoxy) is 3. The molecule has 4 heteroatoms. The average molecular weight is 254 g/mol. The van der Waals surface area contributed by atoms with Crippen molar-refractivity contribution in [3.05, 3.63) is 24.3 Å². The summed E-state index contributed by atoms with van der Waals surface area (Å²) in [5, 5.41) is 8.63. The highest BCUT2D eigenvalue weighted by Gasteiger charge is 1.96. The molecule has 102 valence electrons. The van der Waals surface area contributed by atoms with Crippen LogP contribution in [0.5, 0.6) is 11.5 Å². The van der Waals surface area contributed by atoms with E-state index in [9.17, 15) is 0 Å². The fourth-order valence-corrected chi connectivity index (χ4v) is 1.51. The van der Waals surface area contributed by atoms with Crippen LogP contribution in [-0.4, -0.2) is 38.6 Å². The molecule has 1 N–H and O–H groups in total. The number of unbranched alkanes of at least 4 members (excludes halogenated alkanes) is 2. The first-order valence-electron chi connectivity index (χ1n) is 6.32. The number of hydrogen-bond donors (Lipinski definition) is 1. The summed E-state index contributed by atoms with van der Waals surface area (Å²) in [7, 11) is 1.72. The third kappa shape index (κ3) is 6.47. The third-order valence-electron chi connectivity index (χ3n) is 2.45. The number of aliphatic hydroxyl groups is 1. The third-order valence-corrected chi connectivity index (χ3v) is 2.45. The van der Waals surface area contributed by atoms with Gasteiger partial charge in [-0.25, -0.2) is 0 Å². The maximum atomic E-state index is 8.63. The Hall–Kier alpha value is -1.26. The zero-order valence-electron chi connectivity index (χ0n) is 10.9. The highest BCUT2D eigenvalue weighted by molar-refractivity contribution is 5.31. The highest BCUT2D eigenvalue weighted by Crippen LogP contribution is 2.17. The minimum absolute atomic E-state index is 0.0275. The zero-order valence-corrected chi connectivity index (χ0v) is 10.9. The van der Waals surface area contributed by atoms with Crippen molar-refractivity contribution in [1.82, 2.24) is 0 Å². The summed E-state index contributed by atoms with van der Waals surface area (Å²) in [6.45, 7) is 1.89. The monoisotopic (exact) mass is 254 g/mol. The lowest BCUT2D eigenvalue weighted by atomic mass is 10.2. The van der Waals surface area contributed by atoms with Gasteiger partial charge in [0.15, 0.2) is 0 Å². The summed E-state index contributed by atoms with van der Waals surface area (Å²) in [6.07, 6.45) is 3.23. The Morgan fingerprint density at radius 3 is 1.94 bits per heavy atom. The average Bonchev–Trinajstić information content (AvgIpc) is 2.42. The first-order valence-corrected chi connectivity index (χ1v) is 6.32. The van der Waals surface area contributed by atoms with Gasteiger partial charge in [0, 0.05) is 13.7 Å². The molecule has 0 amide bonds. The molecule has 0 radical (unpaired) electrons. The van der Waals surface area contributed by atoms with E-state index < -0.39 is 0 Å². The fraction of sp³-hybridized carbons (Fsp3) is 0.571. The normalized spacial score (nSPS) is 10.3. The molecule has 0 unspecified atom stereocenters. The quantitative estimate of drug-likeness (QED) is 0.651. The lowest BCUT2D eigenvalue weighted by Crippen LogP contribution is -2.02. The minimum Gasteiger partial charge on any atom is -0.494 e. The molecule has 0 aromatic heterocycles. The molecule has 0 aliphatic heterocycles. The molecule has 0 aliphatic rings. The van der Waals surface area contributed by atoms with Crippen LogP contribution in [0.3, 0.4) is 0 Å². The lowest BCUT2D eigenvalue weighted by molar-refractivity contribution is 0.189. The van der Waals surface area contributed by atoms with Crippen molar-refractivity contribution in [2.24, 2.45) is 0 Å². The number of benzene rings is 1. The summed E-state index contributed by atoms with van der Waals surface area (Å²) in [4.78, 5) is 0. The molecule has 0 saturated heterocycles. The van der Waals surface area contributed by atoms with Crippen molar-refractivity contribution in [2.75, 3.05) is 33.5 Å². The topological polar surface area (TPSA) is 47.9 Å². The molecule has 0 saturated carbocycles. The maximum Gasteiger partial charge on any atom is 0.119 e. The van der Waals surface area contributed by atoms with Gasteiger partial charge in [0.05, 0.1) is 13.2 Å². The van der Waals surface area contributed by atoms with Crippen LogP contribution in [0.15, 0.2) is 24.3 Å². The van der Waals surface area contributed by atoms with Gasteiger partial charge < -0.3 is 19.3 Å². The molecule has 0 heterocycles. The smallest absolute Gasteiger partial charge is 0.119 e. The van der Waals surface area contributed by atoms with Crippen LogP contribution in [0.2, 0.25) is 0 Å². The van der Waals surface area contributed by atoms with Gasteiger partial charge in [-0.1, -0.05) is 0 Å². The van der Waals surface area contributed by atoms with Crippen molar-refractivity contribution in [3.8, 4) is 11.5 Å². The van der Waals surface area contributed by atoms with E-state index in [4.69, 9.17) is 19.3 Å². The summed E-state index contributed by atoms with van der Waals surface area (Å²) in [5.41, 5.74) is 0. The van der Waals surface area contributed by atoms with Crippen LogP contribution in [0.4, 0.5) is 0 Å². The molecular formula is C14H22O4. The van der Waals surface area contributed by atoms with Crippen LogP contribution < -0.4 is 9.47 Å². The first kappa shape index (κ1) is 14.8. The number of hydrogen-bond acceptors (Lipinski definition) is 4. The van der Waals surface area contributed by atoms with Gasteiger partial charge in [-0.05, 0) is 43.5 Å². The van der Waals surface area contributed by atoms with E-state index in [0.29, 0.717) is 6.61 Å². The molecule has 0 bridgehead atoms. The highest BCUT2D eigenvalue weighted by atomic mass is 16.5. The molecule has 1 aromatic rings. The van der Waals surface area contributed by atoms with E-state index in [0.717, 1.165) is 44.0 Å².